The zero-order valence-electron chi connectivity index (χ0n) is 14.9. The summed E-state index contributed by atoms with van der Waals surface area (Å²) in [4.78, 5) is 12.4. The van der Waals surface area contributed by atoms with Gasteiger partial charge in [0.25, 0.3) is 0 Å². The van der Waals surface area contributed by atoms with Crippen molar-refractivity contribution in [3.8, 4) is 0 Å². The van der Waals surface area contributed by atoms with E-state index < -0.39 is 0 Å². The molecule has 0 aliphatic carbocycles. The van der Waals surface area contributed by atoms with Gasteiger partial charge in [-0.1, -0.05) is 19.9 Å². The minimum atomic E-state index is 0. The second-order valence-electron chi connectivity index (χ2n) is 6.04. The number of rotatable bonds is 7. The Kier molecular flexibility index (Phi) is 9.35. The molecule has 0 saturated carbocycles. The molecule has 24 heavy (non-hydrogen) atoms. The quantitative estimate of drug-likeness (QED) is 0.390. The van der Waals surface area contributed by atoms with Gasteiger partial charge in [-0.3, -0.25) is 4.99 Å². The number of halogens is 1. The lowest BCUT2D eigenvalue weighted by Gasteiger charge is -2.22. The van der Waals surface area contributed by atoms with Gasteiger partial charge in [0.1, 0.15) is 5.82 Å². The van der Waals surface area contributed by atoms with Gasteiger partial charge in [-0.25, -0.2) is 4.98 Å². The maximum Gasteiger partial charge on any atom is 0.193 e. The number of thiophene rings is 1. The molecule has 0 spiro atoms. The Morgan fingerprint density at radius 1 is 1.46 bits per heavy atom. The van der Waals surface area contributed by atoms with Gasteiger partial charge >= 0.3 is 0 Å². The summed E-state index contributed by atoms with van der Waals surface area (Å²) in [6.45, 7) is 7.06. The second-order valence-corrected chi connectivity index (χ2v) is 7.07. The van der Waals surface area contributed by atoms with Crippen LogP contribution in [0.1, 0.15) is 24.5 Å². The molecule has 134 valence electrons. The number of guanidine groups is 1. The van der Waals surface area contributed by atoms with E-state index in [1.54, 1.807) is 11.3 Å². The lowest BCUT2D eigenvalue weighted by molar-refractivity contribution is 0.476. The molecule has 0 saturated heterocycles. The summed E-state index contributed by atoms with van der Waals surface area (Å²) in [5, 5.41) is 5.53. The van der Waals surface area contributed by atoms with Crippen LogP contribution in [-0.4, -0.2) is 41.1 Å². The highest BCUT2D eigenvalue weighted by Crippen LogP contribution is 2.09. The Balaban J connectivity index is 0.00000288. The van der Waals surface area contributed by atoms with Crippen molar-refractivity contribution in [2.45, 2.75) is 33.4 Å². The minimum Gasteiger partial charge on any atom is -0.349 e. The molecule has 0 atom stereocenters. The van der Waals surface area contributed by atoms with Crippen LogP contribution in [0.3, 0.4) is 0 Å². The number of nitrogens with zero attached hydrogens (tertiary/aromatic N) is 4. The smallest absolute Gasteiger partial charge is 0.193 e. The topological polar surface area (TPSA) is 45.5 Å². The SMILES string of the molecule is CN=C(NCc1nccn1CC(C)C)N(C)CCc1cccs1.I. The number of nitrogens with one attached hydrogen (secondary N) is 1. The van der Waals surface area contributed by atoms with Crippen molar-refractivity contribution in [2.24, 2.45) is 10.9 Å². The highest BCUT2D eigenvalue weighted by Gasteiger charge is 2.09. The van der Waals surface area contributed by atoms with Crippen LogP contribution in [0.4, 0.5) is 0 Å². The normalized spacial score (nSPS) is 11.5. The van der Waals surface area contributed by atoms with E-state index in [4.69, 9.17) is 0 Å². The molecule has 2 rings (SSSR count). The molecule has 0 aliphatic rings. The minimum absolute atomic E-state index is 0. The fourth-order valence-electron chi connectivity index (χ4n) is 2.45. The van der Waals surface area contributed by atoms with E-state index in [1.165, 1.54) is 4.88 Å². The van der Waals surface area contributed by atoms with Gasteiger partial charge in [0.2, 0.25) is 0 Å². The predicted molar refractivity (Wildman–Crippen MR) is 113 cm³/mol. The molecule has 0 radical (unpaired) electrons. The molecule has 2 aromatic rings. The number of aromatic nitrogens is 2. The Bertz CT molecular complexity index is 606. The fourth-order valence-corrected chi connectivity index (χ4v) is 3.15. The van der Waals surface area contributed by atoms with E-state index in [1.807, 2.05) is 19.4 Å². The van der Waals surface area contributed by atoms with Crippen molar-refractivity contribution < 1.29 is 0 Å². The summed E-state index contributed by atoms with van der Waals surface area (Å²) in [6, 6.07) is 4.28. The molecule has 0 aromatic carbocycles. The molecule has 5 nitrogen and oxygen atoms in total. The first-order chi connectivity index (χ1) is 11.1. The number of aliphatic imine (C=N–C) groups is 1. The van der Waals surface area contributed by atoms with E-state index in [9.17, 15) is 0 Å². The van der Waals surface area contributed by atoms with Crippen LogP contribution in [-0.2, 0) is 19.5 Å². The van der Waals surface area contributed by atoms with Gasteiger partial charge in [0, 0.05) is 44.5 Å². The Hall–Kier alpha value is -1.09. The Morgan fingerprint density at radius 3 is 2.88 bits per heavy atom. The third-order valence-corrected chi connectivity index (χ3v) is 4.55. The number of likely N-dealkylation sites (N-methyl/N-ethyl adjacent to an activating group) is 1. The molecule has 0 aliphatic heterocycles. The number of hydrogen-bond donors (Lipinski definition) is 1. The monoisotopic (exact) mass is 461 g/mol. The summed E-state index contributed by atoms with van der Waals surface area (Å²) in [5.74, 6) is 2.56. The van der Waals surface area contributed by atoms with E-state index >= 15 is 0 Å². The highest BCUT2D eigenvalue weighted by molar-refractivity contribution is 14.0. The first-order valence-corrected chi connectivity index (χ1v) is 8.92. The summed E-state index contributed by atoms with van der Waals surface area (Å²) in [5.41, 5.74) is 0. The van der Waals surface area contributed by atoms with Crippen molar-refractivity contribution in [1.82, 2.24) is 19.8 Å². The summed E-state index contributed by atoms with van der Waals surface area (Å²) in [7, 11) is 3.90. The van der Waals surface area contributed by atoms with Gasteiger partial charge in [-0.15, -0.1) is 35.3 Å². The van der Waals surface area contributed by atoms with Crippen LogP contribution in [0.5, 0.6) is 0 Å². The maximum absolute atomic E-state index is 4.45. The second kappa shape index (κ2) is 10.7. The molecule has 7 heteroatoms. The molecule has 2 heterocycles. The molecule has 0 fully saturated rings. The van der Waals surface area contributed by atoms with Gasteiger partial charge in [-0.05, 0) is 23.8 Å². The fraction of sp³-hybridized carbons (Fsp3) is 0.529. The van der Waals surface area contributed by atoms with Crippen molar-refractivity contribution >= 4 is 41.3 Å². The third kappa shape index (κ3) is 6.43. The van der Waals surface area contributed by atoms with Crippen LogP contribution in [0.2, 0.25) is 0 Å². The number of imidazole rings is 1. The van der Waals surface area contributed by atoms with E-state index in [0.717, 1.165) is 31.3 Å². The van der Waals surface area contributed by atoms with Crippen LogP contribution >= 0.6 is 35.3 Å². The van der Waals surface area contributed by atoms with Gasteiger partial charge in [-0.2, -0.15) is 0 Å². The van der Waals surface area contributed by atoms with Crippen molar-refractivity contribution in [3.05, 3.63) is 40.6 Å². The Morgan fingerprint density at radius 2 is 2.25 bits per heavy atom. The first kappa shape index (κ1) is 21.0. The van der Waals surface area contributed by atoms with E-state index in [0.29, 0.717) is 12.5 Å². The third-order valence-electron chi connectivity index (χ3n) is 3.62. The standard InChI is InChI=1S/C17H27N5S.HI/c1-14(2)13-22-10-8-19-16(22)12-20-17(18-3)21(4)9-7-15-6-5-11-23-15;/h5-6,8,10-11,14H,7,9,12-13H2,1-4H3,(H,18,20);1H. The maximum atomic E-state index is 4.45. The van der Waals surface area contributed by atoms with Crippen LogP contribution in [0.25, 0.3) is 0 Å². The van der Waals surface area contributed by atoms with Crippen molar-refractivity contribution in [1.29, 1.82) is 0 Å². The summed E-state index contributed by atoms with van der Waals surface area (Å²) >= 11 is 1.80. The van der Waals surface area contributed by atoms with Crippen molar-refractivity contribution in [2.75, 3.05) is 20.6 Å². The molecule has 0 unspecified atom stereocenters. The first-order valence-electron chi connectivity index (χ1n) is 8.04. The molecular weight excluding hydrogens is 433 g/mol. The molecular formula is C17H28IN5S. The lowest BCUT2D eigenvalue weighted by atomic mass is 10.2. The largest absolute Gasteiger partial charge is 0.349 e. The van der Waals surface area contributed by atoms with Gasteiger partial charge in [0.05, 0.1) is 6.54 Å². The average Bonchev–Trinajstić information content (AvgIpc) is 3.17. The lowest BCUT2D eigenvalue weighted by Crippen LogP contribution is -2.40. The molecule has 0 amide bonds. The zero-order valence-corrected chi connectivity index (χ0v) is 18.0. The molecule has 2 aromatic heterocycles. The van der Waals surface area contributed by atoms with Crippen LogP contribution in [0.15, 0.2) is 34.9 Å². The predicted octanol–water partition coefficient (Wildman–Crippen LogP) is 3.47. The van der Waals surface area contributed by atoms with Gasteiger partial charge in [0.15, 0.2) is 5.96 Å². The van der Waals surface area contributed by atoms with E-state index in [-0.39, 0.29) is 24.0 Å². The zero-order chi connectivity index (χ0) is 16.7. The average molecular weight is 461 g/mol. The van der Waals surface area contributed by atoms with Crippen LogP contribution in [0, 0.1) is 5.92 Å². The van der Waals surface area contributed by atoms with Crippen LogP contribution < -0.4 is 5.32 Å². The van der Waals surface area contributed by atoms with Crippen molar-refractivity contribution in [3.63, 3.8) is 0 Å². The molecule has 0 bridgehead atoms. The van der Waals surface area contributed by atoms with E-state index in [2.05, 4.69) is 63.2 Å². The highest BCUT2D eigenvalue weighted by atomic mass is 127. The number of hydrogen-bond acceptors (Lipinski definition) is 3. The molecule has 1 N–H and O–H groups in total. The Labute approximate surface area is 166 Å². The summed E-state index contributed by atoms with van der Waals surface area (Å²) in [6.07, 6.45) is 4.94. The van der Waals surface area contributed by atoms with Gasteiger partial charge < -0.3 is 14.8 Å². The summed E-state index contributed by atoms with van der Waals surface area (Å²) < 4.78 is 2.20.